The summed E-state index contributed by atoms with van der Waals surface area (Å²) in [6, 6.07) is 13.8. The van der Waals surface area contributed by atoms with Crippen LogP contribution in [0.25, 0.3) is 11.3 Å². The first kappa shape index (κ1) is 22.9. The average Bonchev–Trinajstić information content (AvgIpc) is 3.21. The predicted molar refractivity (Wildman–Crippen MR) is 137 cm³/mol. The van der Waals surface area contributed by atoms with Gasteiger partial charge in [-0.05, 0) is 56.5 Å². The van der Waals surface area contributed by atoms with E-state index >= 15 is 0 Å². The Bertz CT molecular complexity index is 1170. The Hall–Kier alpha value is -3.29. The third-order valence-corrected chi connectivity index (χ3v) is 6.60. The fourth-order valence-electron chi connectivity index (χ4n) is 3.64. The van der Waals surface area contributed by atoms with Crippen LogP contribution in [0.1, 0.15) is 43.2 Å². The number of nitrogens with one attached hydrogen (secondary N) is 3. The number of ketones is 1. The summed E-state index contributed by atoms with van der Waals surface area (Å²) in [5.74, 6) is 0.0921. The normalized spacial score (nSPS) is 14.8. The zero-order chi connectivity index (χ0) is 23.2. The van der Waals surface area contributed by atoms with Gasteiger partial charge < -0.3 is 15.6 Å². The zero-order valence-electron chi connectivity index (χ0n) is 19.2. The molecule has 0 bridgehead atoms. The monoisotopic (exact) mass is 459 g/mol. The van der Waals surface area contributed by atoms with Crippen LogP contribution in [0.15, 0.2) is 77.7 Å². The van der Waals surface area contributed by atoms with Crippen LogP contribution in [0.2, 0.25) is 0 Å². The van der Waals surface area contributed by atoms with E-state index in [0.717, 1.165) is 45.3 Å². The van der Waals surface area contributed by atoms with Gasteiger partial charge in [-0.25, -0.2) is 4.31 Å². The molecular weight excluding hydrogens is 430 g/mol. The summed E-state index contributed by atoms with van der Waals surface area (Å²) in [4.78, 5) is 21.0. The molecule has 0 atom stereocenters. The maximum absolute atomic E-state index is 13.4. The minimum absolute atomic E-state index is 0.0921. The number of Topliss-reactive ketones (excluding diaryl/α,β-unsaturated/α-hetero) is 1. The molecule has 33 heavy (non-hydrogen) atoms. The van der Waals surface area contributed by atoms with Crippen molar-refractivity contribution in [3.05, 3.63) is 89.0 Å². The van der Waals surface area contributed by atoms with Gasteiger partial charge >= 0.3 is 0 Å². The number of H-pyrrole nitrogens is 1. The standard InChI is InChI=1S/C26H29N5OS/c1-4-18(3)15-28-23(5-2)33-31-16-21-24(22(32)17-31)26(29-20-9-7-6-8-10-20)25(30-21)19-11-13-27-14-12-19/h5-15,28-30H,4,16-17H2,1-3H3/b18-15+,23-5+. The second-order valence-electron chi connectivity index (χ2n) is 7.91. The fraction of sp³-hybridized carbons (Fsp3) is 0.231. The minimum Gasteiger partial charge on any atom is -0.356 e. The van der Waals surface area contributed by atoms with Gasteiger partial charge in [0.05, 0.1) is 35.1 Å². The molecule has 6 nitrogen and oxygen atoms in total. The van der Waals surface area contributed by atoms with Crippen molar-refractivity contribution in [3.8, 4) is 11.3 Å². The van der Waals surface area contributed by atoms with Gasteiger partial charge in [0.1, 0.15) is 0 Å². The van der Waals surface area contributed by atoms with Crippen LogP contribution in [0.3, 0.4) is 0 Å². The van der Waals surface area contributed by atoms with Crippen molar-refractivity contribution < 1.29 is 4.79 Å². The number of benzene rings is 1. The van der Waals surface area contributed by atoms with Gasteiger partial charge in [-0.1, -0.05) is 36.8 Å². The molecule has 1 aromatic carbocycles. The summed E-state index contributed by atoms with van der Waals surface area (Å²) in [6.07, 6.45) is 8.58. The molecular formula is C26H29N5OS. The molecule has 0 spiro atoms. The lowest BCUT2D eigenvalue weighted by molar-refractivity contribution is 0.0955. The van der Waals surface area contributed by atoms with E-state index in [0.29, 0.717) is 13.1 Å². The lowest BCUT2D eigenvalue weighted by Crippen LogP contribution is -2.31. The predicted octanol–water partition coefficient (Wildman–Crippen LogP) is 6.23. The van der Waals surface area contributed by atoms with Crippen molar-refractivity contribution in [3.63, 3.8) is 0 Å². The fourth-order valence-corrected chi connectivity index (χ4v) is 4.51. The van der Waals surface area contributed by atoms with Crippen LogP contribution in [-0.4, -0.2) is 26.6 Å². The van der Waals surface area contributed by atoms with E-state index in [-0.39, 0.29) is 5.78 Å². The summed E-state index contributed by atoms with van der Waals surface area (Å²) >= 11 is 1.57. The Morgan fingerprint density at radius 1 is 1.18 bits per heavy atom. The van der Waals surface area contributed by atoms with E-state index in [1.807, 2.05) is 61.7 Å². The SMILES string of the molecule is C/C=C(\N/C=C(\C)CC)SN1CC(=O)c2c([nH]c(-c3ccncc3)c2Nc2ccccc2)C1. The lowest BCUT2D eigenvalue weighted by atomic mass is 10.0. The third-order valence-electron chi connectivity index (χ3n) is 5.53. The number of carbonyl (C=O) groups is 1. The molecule has 0 unspecified atom stereocenters. The molecule has 3 N–H and O–H groups in total. The second-order valence-corrected chi connectivity index (χ2v) is 9.05. The number of anilines is 2. The number of para-hydroxylation sites is 1. The van der Waals surface area contributed by atoms with Crippen molar-refractivity contribution in [1.29, 1.82) is 0 Å². The number of carbonyl (C=O) groups excluding carboxylic acids is 1. The number of allylic oxidation sites excluding steroid dienone is 2. The van der Waals surface area contributed by atoms with E-state index < -0.39 is 0 Å². The number of pyridine rings is 1. The molecule has 0 saturated carbocycles. The number of fused-ring (bicyclic) bond motifs is 1. The highest BCUT2D eigenvalue weighted by Gasteiger charge is 2.31. The van der Waals surface area contributed by atoms with Gasteiger partial charge in [0.25, 0.3) is 0 Å². The molecule has 1 aliphatic rings. The largest absolute Gasteiger partial charge is 0.356 e. The minimum atomic E-state index is 0.0921. The molecule has 170 valence electrons. The molecule has 3 aromatic rings. The first-order valence-corrected chi connectivity index (χ1v) is 11.9. The summed E-state index contributed by atoms with van der Waals surface area (Å²) in [6.45, 7) is 7.20. The first-order valence-electron chi connectivity index (χ1n) is 11.1. The Morgan fingerprint density at radius 2 is 1.94 bits per heavy atom. The van der Waals surface area contributed by atoms with Crippen LogP contribution in [0, 0.1) is 0 Å². The Balaban J connectivity index is 1.64. The summed E-state index contributed by atoms with van der Waals surface area (Å²) in [7, 11) is 0. The molecule has 4 rings (SSSR count). The topological polar surface area (TPSA) is 73.0 Å². The maximum Gasteiger partial charge on any atom is 0.181 e. The zero-order valence-corrected chi connectivity index (χ0v) is 20.0. The van der Waals surface area contributed by atoms with Crippen molar-refractivity contribution in [2.45, 2.75) is 33.7 Å². The highest BCUT2D eigenvalue weighted by Crippen LogP contribution is 2.39. The molecule has 7 heteroatoms. The molecule has 0 fully saturated rings. The number of aromatic nitrogens is 2. The van der Waals surface area contributed by atoms with Crippen molar-refractivity contribution in [2.75, 3.05) is 11.9 Å². The van der Waals surface area contributed by atoms with Crippen molar-refractivity contribution in [2.24, 2.45) is 0 Å². The first-order chi connectivity index (χ1) is 16.1. The van der Waals surface area contributed by atoms with Crippen molar-refractivity contribution >= 4 is 29.1 Å². The number of hydrogen-bond acceptors (Lipinski definition) is 6. The summed E-state index contributed by atoms with van der Waals surface area (Å²) in [5, 5.41) is 7.85. The molecule has 0 amide bonds. The van der Waals surface area contributed by atoms with Crippen LogP contribution in [0.5, 0.6) is 0 Å². The Morgan fingerprint density at radius 3 is 2.64 bits per heavy atom. The molecule has 0 saturated heterocycles. The van der Waals surface area contributed by atoms with Crippen molar-refractivity contribution in [1.82, 2.24) is 19.6 Å². The van der Waals surface area contributed by atoms with E-state index in [1.54, 1.807) is 24.3 Å². The van der Waals surface area contributed by atoms with Gasteiger partial charge in [-0.3, -0.25) is 9.78 Å². The smallest absolute Gasteiger partial charge is 0.181 e. The van der Waals surface area contributed by atoms with Gasteiger partial charge in [-0.15, -0.1) is 0 Å². The highest BCUT2D eigenvalue weighted by molar-refractivity contribution is 8.00. The lowest BCUT2D eigenvalue weighted by Gasteiger charge is -2.26. The van der Waals surface area contributed by atoms with Crippen LogP contribution < -0.4 is 10.6 Å². The number of aromatic amines is 1. The van der Waals surface area contributed by atoms with Gasteiger partial charge in [-0.2, -0.15) is 0 Å². The Labute approximate surface area is 199 Å². The number of hydrogen-bond donors (Lipinski definition) is 3. The highest BCUT2D eigenvalue weighted by atomic mass is 32.2. The molecule has 3 heterocycles. The van der Waals surface area contributed by atoms with Crippen LogP contribution >= 0.6 is 11.9 Å². The molecule has 0 aliphatic carbocycles. The number of nitrogens with zero attached hydrogens (tertiary/aromatic N) is 2. The van der Waals surface area contributed by atoms with E-state index in [1.165, 1.54) is 5.57 Å². The molecule has 1 aliphatic heterocycles. The van der Waals surface area contributed by atoms with Crippen LogP contribution in [0.4, 0.5) is 11.4 Å². The number of rotatable bonds is 8. The Kier molecular flexibility index (Phi) is 7.32. The average molecular weight is 460 g/mol. The second kappa shape index (κ2) is 10.6. The van der Waals surface area contributed by atoms with E-state index in [9.17, 15) is 4.79 Å². The van der Waals surface area contributed by atoms with E-state index in [4.69, 9.17) is 0 Å². The van der Waals surface area contributed by atoms with Crippen LogP contribution in [-0.2, 0) is 6.54 Å². The van der Waals surface area contributed by atoms with Gasteiger partial charge in [0, 0.05) is 35.5 Å². The summed E-state index contributed by atoms with van der Waals surface area (Å²) in [5.41, 5.74) is 6.58. The molecule has 0 radical (unpaired) electrons. The molecule has 2 aromatic heterocycles. The maximum atomic E-state index is 13.4. The third kappa shape index (κ3) is 5.38. The van der Waals surface area contributed by atoms with E-state index in [2.05, 4.69) is 38.8 Å². The summed E-state index contributed by atoms with van der Waals surface area (Å²) < 4.78 is 2.08. The van der Waals surface area contributed by atoms with Gasteiger partial charge in [0.2, 0.25) is 0 Å². The quantitative estimate of drug-likeness (QED) is 0.347. The van der Waals surface area contributed by atoms with Gasteiger partial charge in [0.15, 0.2) is 5.78 Å².